The van der Waals surface area contributed by atoms with Crippen LogP contribution in [0.4, 0.5) is 10.5 Å². The molecule has 0 atom stereocenters. The smallest absolute Gasteiger partial charge is 0.329 e. The lowest BCUT2D eigenvalue weighted by Gasteiger charge is -2.13. The van der Waals surface area contributed by atoms with Gasteiger partial charge in [0.1, 0.15) is 23.7 Å². The fraction of sp³-hybridized carbons (Fsp3) is 0.105. The molecule has 2 aromatic carbocycles. The maximum Gasteiger partial charge on any atom is 0.329 e. The molecule has 1 saturated heterocycles. The zero-order chi connectivity index (χ0) is 21.1. The minimum Gasteiger partial charge on any atom is -0.506 e. The second kappa shape index (κ2) is 8.98. The molecule has 10 heteroatoms. The second-order valence-corrected chi connectivity index (χ2v) is 8.29. The van der Waals surface area contributed by atoms with Gasteiger partial charge in [-0.1, -0.05) is 12.1 Å². The van der Waals surface area contributed by atoms with E-state index < -0.39 is 24.4 Å². The van der Waals surface area contributed by atoms with Crippen molar-refractivity contribution in [2.24, 2.45) is 0 Å². The minimum atomic E-state index is -0.681. The van der Waals surface area contributed by atoms with Crippen LogP contribution >= 0.6 is 45.2 Å². The summed E-state index contributed by atoms with van der Waals surface area (Å²) in [6.45, 7) is -0.440. The van der Waals surface area contributed by atoms with Crippen LogP contribution in [0.5, 0.6) is 11.5 Å². The summed E-state index contributed by atoms with van der Waals surface area (Å²) in [5, 5.41) is 15.0. The number of rotatable bonds is 5. The maximum atomic E-state index is 12.6. The summed E-state index contributed by atoms with van der Waals surface area (Å²) >= 11 is 3.96. The Labute approximate surface area is 193 Å². The number of carbonyl (C=O) groups is 3. The number of phenols is 1. The molecule has 0 radical (unpaired) electrons. The highest BCUT2D eigenvalue weighted by molar-refractivity contribution is 14.1. The Morgan fingerprint density at radius 1 is 1.24 bits per heavy atom. The summed E-state index contributed by atoms with van der Waals surface area (Å²) < 4.78 is 6.40. The van der Waals surface area contributed by atoms with Gasteiger partial charge in [0.25, 0.3) is 5.91 Å². The first-order valence-electron chi connectivity index (χ1n) is 8.25. The fourth-order valence-electron chi connectivity index (χ4n) is 2.63. The first-order chi connectivity index (χ1) is 13.8. The predicted octanol–water partition coefficient (Wildman–Crippen LogP) is 3.14. The molecule has 4 amide bonds. The van der Waals surface area contributed by atoms with E-state index in [-0.39, 0.29) is 11.4 Å². The standard InChI is InChI=1S/C19H15I2N3O5/c1-29-15-5-3-2-4-13(15)22-16(25)9-24-18(27)14(23-19(24)28)8-10-6-11(20)17(26)12(21)7-10/h2-8,26H,9H2,1H3,(H,22,25)(H,23,28)/b14-8+. The van der Waals surface area contributed by atoms with E-state index in [0.717, 1.165) is 4.90 Å². The zero-order valence-electron chi connectivity index (χ0n) is 15.0. The summed E-state index contributed by atoms with van der Waals surface area (Å²) in [7, 11) is 1.48. The molecule has 0 saturated carbocycles. The highest BCUT2D eigenvalue weighted by Crippen LogP contribution is 2.28. The lowest BCUT2D eigenvalue weighted by Crippen LogP contribution is -2.38. The number of methoxy groups -OCH3 is 1. The van der Waals surface area contributed by atoms with E-state index in [2.05, 4.69) is 10.6 Å². The van der Waals surface area contributed by atoms with Gasteiger partial charge in [0.15, 0.2) is 0 Å². The van der Waals surface area contributed by atoms with Gasteiger partial charge in [-0.05, 0) is 81.1 Å². The molecule has 0 aliphatic carbocycles. The van der Waals surface area contributed by atoms with Crippen molar-refractivity contribution in [2.45, 2.75) is 0 Å². The maximum absolute atomic E-state index is 12.6. The molecule has 29 heavy (non-hydrogen) atoms. The molecule has 1 fully saturated rings. The molecular formula is C19H15I2N3O5. The van der Waals surface area contributed by atoms with E-state index in [9.17, 15) is 19.5 Å². The monoisotopic (exact) mass is 619 g/mol. The number of halogens is 2. The third kappa shape index (κ3) is 4.80. The lowest BCUT2D eigenvalue weighted by atomic mass is 10.2. The van der Waals surface area contributed by atoms with Crippen LogP contribution in [0.25, 0.3) is 6.08 Å². The van der Waals surface area contributed by atoms with Crippen molar-refractivity contribution >= 4 is 74.8 Å². The van der Waals surface area contributed by atoms with Gasteiger partial charge in [0.05, 0.1) is 19.9 Å². The van der Waals surface area contributed by atoms with Gasteiger partial charge in [-0.15, -0.1) is 0 Å². The normalized spacial score (nSPS) is 14.9. The van der Waals surface area contributed by atoms with Gasteiger partial charge in [-0.2, -0.15) is 0 Å². The van der Waals surface area contributed by atoms with Gasteiger partial charge in [0.2, 0.25) is 5.91 Å². The van der Waals surface area contributed by atoms with Crippen LogP contribution in [0.1, 0.15) is 5.56 Å². The van der Waals surface area contributed by atoms with Crippen molar-refractivity contribution < 1.29 is 24.2 Å². The number of hydrogen-bond acceptors (Lipinski definition) is 5. The number of nitrogens with one attached hydrogen (secondary N) is 2. The molecule has 0 spiro atoms. The van der Waals surface area contributed by atoms with E-state index in [0.29, 0.717) is 24.1 Å². The van der Waals surface area contributed by atoms with Gasteiger partial charge in [0, 0.05) is 0 Å². The van der Waals surface area contributed by atoms with Gasteiger partial charge in [-0.25, -0.2) is 9.69 Å². The van der Waals surface area contributed by atoms with Crippen molar-refractivity contribution in [2.75, 3.05) is 19.0 Å². The van der Waals surface area contributed by atoms with Crippen LogP contribution in [-0.2, 0) is 9.59 Å². The minimum absolute atomic E-state index is 0.0531. The Bertz CT molecular complexity index is 1020. The molecule has 3 N–H and O–H groups in total. The Morgan fingerprint density at radius 2 is 1.90 bits per heavy atom. The SMILES string of the molecule is COc1ccccc1NC(=O)CN1C(=O)N/C(=C/c2cc(I)c(O)c(I)c2)C1=O. The molecule has 0 aromatic heterocycles. The summed E-state index contributed by atoms with van der Waals surface area (Å²) in [6, 6.07) is 9.51. The van der Waals surface area contributed by atoms with Gasteiger partial charge >= 0.3 is 6.03 Å². The summed E-state index contributed by atoms with van der Waals surface area (Å²) in [5.74, 6) is -0.517. The third-order valence-electron chi connectivity index (χ3n) is 4.00. The highest BCUT2D eigenvalue weighted by atomic mass is 127. The largest absolute Gasteiger partial charge is 0.506 e. The second-order valence-electron chi connectivity index (χ2n) is 5.96. The first kappa shape index (κ1) is 21.4. The number of amides is 4. The Balaban J connectivity index is 1.74. The number of aromatic hydroxyl groups is 1. The summed E-state index contributed by atoms with van der Waals surface area (Å²) in [6.07, 6.45) is 1.50. The number of hydrogen-bond donors (Lipinski definition) is 3. The molecule has 1 heterocycles. The number of benzene rings is 2. The molecule has 0 bridgehead atoms. The van der Waals surface area contributed by atoms with Crippen molar-refractivity contribution in [3.8, 4) is 11.5 Å². The van der Waals surface area contributed by atoms with Crippen LogP contribution < -0.4 is 15.4 Å². The average molecular weight is 619 g/mol. The van der Waals surface area contributed by atoms with Gasteiger partial charge < -0.3 is 20.5 Å². The van der Waals surface area contributed by atoms with E-state index >= 15 is 0 Å². The van der Waals surface area contributed by atoms with E-state index in [1.54, 1.807) is 36.4 Å². The van der Waals surface area contributed by atoms with Gasteiger partial charge in [-0.3, -0.25) is 9.59 Å². The van der Waals surface area contributed by atoms with Crippen molar-refractivity contribution in [3.63, 3.8) is 0 Å². The van der Waals surface area contributed by atoms with E-state index in [1.807, 2.05) is 45.2 Å². The third-order valence-corrected chi connectivity index (χ3v) is 5.64. The van der Waals surface area contributed by atoms with Crippen LogP contribution in [0.3, 0.4) is 0 Å². The fourth-order valence-corrected chi connectivity index (χ4v) is 4.45. The Morgan fingerprint density at radius 3 is 2.55 bits per heavy atom. The van der Waals surface area contributed by atoms with Crippen LogP contribution in [0.15, 0.2) is 42.1 Å². The van der Waals surface area contributed by atoms with E-state index in [1.165, 1.54) is 13.2 Å². The lowest BCUT2D eigenvalue weighted by molar-refractivity contribution is -0.127. The topological polar surface area (TPSA) is 108 Å². The number of urea groups is 1. The zero-order valence-corrected chi connectivity index (χ0v) is 19.3. The number of ether oxygens (including phenoxy) is 1. The molecule has 150 valence electrons. The predicted molar refractivity (Wildman–Crippen MR) is 123 cm³/mol. The van der Waals surface area contributed by atoms with Crippen LogP contribution in [-0.4, -0.2) is 41.5 Å². The number of para-hydroxylation sites is 2. The molecule has 3 rings (SSSR count). The molecule has 2 aromatic rings. The van der Waals surface area contributed by atoms with Crippen LogP contribution in [0, 0.1) is 7.14 Å². The molecule has 0 unspecified atom stereocenters. The van der Waals surface area contributed by atoms with E-state index in [4.69, 9.17) is 4.74 Å². The van der Waals surface area contributed by atoms with Crippen LogP contribution in [0.2, 0.25) is 0 Å². The quantitative estimate of drug-likeness (QED) is 0.271. The number of carbonyl (C=O) groups excluding carboxylic acids is 3. The van der Waals surface area contributed by atoms with Crippen molar-refractivity contribution in [1.29, 1.82) is 0 Å². The average Bonchev–Trinajstić information content (AvgIpc) is 2.93. The summed E-state index contributed by atoms with van der Waals surface area (Å²) in [5.41, 5.74) is 1.13. The molecule has 1 aliphatic heterocycles. The Kier molecular flexibility index (Phi) is 6.62. The van der Waals surface area contributed by atoms with Crippen molar-refractivity contribution in [1.82, 2.24) is 10.2 Å². The highest BCUT2D eigenvalue weighted by Gasteiger charge is 2.35. The number of anilines is 1. The molecule has 1 aliphatic rings. The number of nitrogens with zero attached hydrogens (tertiary/aromatic N) is 1. The number of imide groups is 1. The number of phenolic OH excluding ortho intramolecular Hbond substituents is 1. The summed E-state index contributed by atoms with van der Waals surface area (Å²) in [4.78, 5) is 37.9. The van der Waals surface area contributed by atoms with Crippen molar-refractivity contribution in [3.05, 3.63) is 54.8 Å². The molecule has 8 nitrogen and oxygen atoms in total. The molecular weight excluding hydrogens is 604 g/mol. The Hall–Kier alpha value is -2.35. The first-order valence-corrected chi connectivity index (χ1v) is 10.4.